The zero-order chi connectivity index (χ0) is 21.5. The first kappa shape index (κ1) is 23.6. The summed E-state index contributed by atoms with van der Waals surface area (Å²) in [6.45, 7) is 6.77. The van der Waals surface area contributed by atoms with Crippen LogP contribution in [0.4, 0.5) is 22.0 Å². The maximum atomic E-state index is 15.0. The molecule has 1 fully saturated rings. The van der Waals surface area contributed by atoms with Gasteiger partial charge in [0.25, 0.3) is 0 Å². The molecule has 158 valence electrons. The van der Waals surface area contributed by atoms with Crippen molar-refractivity contribution in [3.8, 4) is 0 Å². The van der Waals surface area contributed by atoms with E-state index in [1.807, 2.05) is 0 Å². The Morgan fingerprint density at radius 1 is 1.15 bits per heavy atom. The molecule has 0 saturated carbocycles. The molecular weight excluding hydrogens is 379 g/mol. The molecule has 0 N–H and O–H groups in total. The molecule has 0 spiro atoms. The zero-order valence-corrected chi connectivity index (χ0v) is 16.1. The van der Waals surface area contributed by atoms with Gasteiger partial charge < -0.3 is 14.2 Å². The summed E-state index contributed by atoms with van der Waals surface area (Å²) in [5.74, 6) is -12.4. The maximum Gasteiger partial charge on any atom is 0.462 e. The van der Waals surface area contributed by atoms with Gasteiger partial charge >= 0.3 is 29.8 Å². The van der Waals surface area contributed by atoms with Crippen LogP contribution in [0.25, 0.3) is 0 Å². The predicted molar refractivity (Wildman–Crippen MR) is 83.8 cm³/mol. The van der Waals surface area contributed by atoms with Gasteiger partial charge in [-0.15, -0.1) is 0 Å². The van der Waals surface area contributed by atoms with Crippen molar-refractivity contribution in [2.45, 2.75) is 77.9 Å². The van der Waals surface area contributed by atoms with Crippen molar-refractivity contribution < 1.29 is 45.8 Å². The third kappa shape index (κ3) is 4.05. The Bertz CT molecular complexity index is 587. The SMILES string of the molecule is CCC(C)(C)C(=O)OC1(C)COC(OC(=O)CC(C)C)(C(F)(F)F)C1(F)F. The van der Waals surface area contributed by atoms with Gasteiger partial charge in [0.15, 0.2) is 0 Å². The van der Waals surface area contributed by atoms with Gasteiger partial charge in [-0.05, 0) is 33.1 Å². The number of hydrogen-bond acceptors (Lipinski definition) is 5. The van der Waals surface area contributed by atoms with E-state index < -0.39 is 59.8 Å². The number of esters is 2. The van der Waals surface area contributed by atoms with Crippen LogP contribution in [0, 0.1) is 11.3 Å². The van der Waals surface area contributed by atoms with Crippen LogP contribution in [-0.2, 0) is 23.8 Å². The minimum Gasteiger partial charge on any atom is -0.450 e. The summed E-state index contributed by atoms with van der Waals surface area (Å²) in [6.07, 6.45) is -6.06. The van der Waals surface area contributed by atoms with Gasteiger partial charge in [0.05, 0.1) is 12.0 Å². The van der Waals surface area contributed by atoms with E-state index in [-0.39, 0.29) is 6.42 Å². The van der Waals surface area contributed by atoms with E-state index in [9.17, 15) is 31.5 Å². The smallest absolute Gasteiger partial charge is 0.450 e. The molecule has 1 aliphatic heterocycles. The number of ether oxygens (including phenoxy) is 3. The minimum absolute atomic E-state index is 0.210. The topological polar surface area (TPSA) is 61.8 Å². The van der Waals surface area contributed by atoms with E-state index in [0.717, 1.165) is 0 Å². The number of hydrogen-bond donors (Lipinski definition) is 0. The number of rotatable bonds is 6. The molecule has 1 rings (SSSR count). The van der Waals surface area contributed by atoms with Crippen LogP contribution in [0.15, 0.2) is 0 Å². The second-order valence-electron chi connectivity index (χ2n) is 7.91. The van der Waals surface area contributed by atoms with Crippen LogP contribution in [0.2, 0.25) is 0 Å². The lowest BCUT2D eigenvalue weighted by molar-refractivity contribution is -0.409. The van der Waals surface area contributed by atoms with E-state index in [2.05, 4.69) is 9.47 Å². The Morgan fingerprint density at radius 2 is 1.67 bits per heavy atom. The first-order valence-electron chi connectivity index (χ1n) is 8.49. The first-order valence-corrected chi connectivity index (χ1v) is 8.49. The molecule has 0 radical (unpaired) electrons. The molecule has 0 aromatic heterocycles. The molecule has 2 atom stereocenters. The third-order valence-electron chi connectivity index (χ3n) is 4.59. The molecule has 1 heterocycles. The van der Waals surface area contributed by atoms with Crippen molar-refractivity contribution in [2.75, 3.05) is 6.61 Å². The highest BCUT2D eigenvalue weighted by Gasteiger charge is 2.85. The Hall–Kier alpha value is -1.45. The average molecular weight is 404 g/mol. The summed E-state index contributed by atoms with van der Waals surface area (Å²) < 4.78 is 83.9. The molecule has 10 heteroatoms. The maximum absolute atomic E-state index is 15.0. The van der Waals surface area contributed by atoms with E-state index in [1.54, 1.807) is 6.92 Å². The third-order valence-corrected chi connectivity index (χ3v) is 4.59. The molecule has 0 bridgehead atoms. The summed E-state index contributed by atoms with van der Waals surface area (Å²) >= 11 is 0. The van der Waals surface area contributed by atoms with Gasteiger partial charge in [0.2, 0.25) is 5.60 Å². The zero-order valence-electron chi connectivity index (χ0n) is 16.1. The van der Waals surface area contributed by atoms with Crippen molar-refractivity contribution in [3.05, 3.63) is 0 Å². The number of carbonyl (C=O) groups excluding carboxylic acids is 2. The minimum atomic E-state index is -5.76. The monoisotopic (exact) mass is 404 g/mol. The van der Waals surface area contributed by atoms with Gasteiger partial charge in [-0.25, -0.2) is 0 Å². The highest BCUT2D eigenvalue weighted by Crippen LogP contribution is 2.57. The van der Waals surface area contributed by atoms with Crippen LogP contribution in [0.1, 0.15) is 54.4 Å². The lowest BCUT2D eigenvalue weighted by atomic mass is 9.89. The standard InChI is InChI=1S/C17H25F5O5/c1-7-13(4,5)12(24)27-14(6)9-25-16(15(14,18)19,17(20,21)22)26-11(23)8-10(2)3/h10H,7-9H2,1-6H3. The molecule has 2 unspecified atom stereocenters. The summed E-state index contributed by atoms with van der Waals surface area (Å²) in [5, 5.41) is 0. The lowest BCUT2D eigenvalue weighted by Crippen LogP contribution is -2.65. The second-order valence-corrected chi connectivity index (χ2v) is 7.91. The van der Waals surface area contributed by atoms with Gasteiger partial charge in [-0.3, -0.25) is 9.59 Å². The molecule has 0 aliphatic carbocycles. The van der Waals surface area contributed by atoms with Crippen molar-refractivity contribution in [1.82, 2.24) is 0 Å². The average Bonchev–Trinajstić information content (AvgIpc) is 2.67. The van der Waals surface area contributed by atoms with Crippen molar-refractivity contribution in [2.24, 2.45) is 11.3 Å². The molecule has 0 amide bonds. The number of halogens is 5. The predicted octanol–water partition coefficient (Wildman–Crippen LogP) is 4.24. The fourth-order valence-corrected chi connectivity index (χ4v) is 2.30. The van der Waals surface area contributed by atoms with Crippen LogP contribution >= 0.6 is 0 Å². The van der Waals surface area contributed by atoms with Crippen LogP contribution in [0.3, 0.4) is 0 Å². The molecular formula is C17H25F5O5. The highest BCUT2D eigenvalue weighted by molar-refractivity contribution is 5.76. The number of alkyl halides is 5. The molecule has 5 nitrogen and oxygen atoms in total. The van der Waals surface area contributed by atoms with Crippen molar-refractivity contribution in [1.29, 1.82) is 0 Å². The second kappa shape index (κ2) is 7.18. The van der Waals surface area contributed by atoms with Gasteiger partial charge in [-0.1, -0.05) is 20.8 Å². The summed E-state index contributed by atoms with van der Waals surface area (Å²) in [6, 6.07) is 0. The van der Waals surface area contributed by atoms with Crippen LogP contribution < -0.4 is 0 Å². The summed E-state index contributed by atoms with van der Waals surface area (Å²) in [4.78, 5) is 23.9. The van der Waals surface area contributed by atoms with Crippen LogP contribution in [-0.4, -0.2) is 42.0 Å². The Kier molecular flexibility index (Phi) is 6.27. The van der Waals surface area contributed by atoms with Gasteiger partial charge in [-0.2, -0.15) is 22.0 Å². The van der Waals surface area contributed by atoms with E-state index >= 15 is 0 Å². The fraction of sp³-hybridized carbons (Fsp3) is 0.882. The Balaban J connectivity index is 3.30. The summed E-state index contributed by atoms with van der Waals surface area (Å²) in [5.41, 5.74) is -4.17. The van der Waals surface area contributed by atoms with E-state index in [4.69, 9.17) is 4.74 Å². The van der Waals surface area contributed by atoms with E-state index in [1.165, 1.54) is 27.7 Å². The van der Waals surface area contributed by atoms with Gasteiger partial charge in [0, 0.05) is 6.42 Å². The largest absolute Gasteiger partial charge is 0.462 e. The molecule has 27 heavy (non-hydrogen) atoms. The van der Waals surface area contributed by atoms with Crippen molar-refractivity contribution in [3.63, 3.8) is 0 Å². The van der Waals surface area contributed by atoms with Crippen LogP contribution in [0.5, 0.6) is 0 Å². The normalized spacial score (nSPS) is 28.3. The highest BCUT2D eigenvalue weighted by atomic mass is 19.4. The fourth-order valence-electron chi connectivity index (χ4n) is 2.30. The molecule has 1 aliphatic rings. The molecule has 0 aromatic rings. The quantitative estimate of drug-likeness (QED) is 0.490. The summed E-state index contributed by atoms with van der Waals surface area (Å²) in [7, 11) is 0. The first-order chi connectivity index (χ1) is 12.0. The molecule has 1 saturated heterocycles. The van der Waals surface area contributed by atoms with Gasteiger partial charge in [0.1, 0.15) is 0 Å². The lowest BCUT2D eigenvalue weighted by Gasteiger charge is -2.39. The molecule has 0 aromatic carbocycles. The van der Waals surface area contributed by atoms with E-state index in [0.29, 0.717) is 6.92 Å². The Morgan fingerprint density at radius 3 is 2.07 bits per heavy atom. The number of carbonyl (C=O) groups is 2. The Labute approximate surface area is 154 Å². The van der Waals surface area contributed by atoms with Crippen molar-refractivity contribution >= 4 is 11.9 Å².